The summed E-state index contributed by atoms with van der Waals surface area (Å²) in [6, 6.07) is 1.97. The number of aromatic amines is 1. The second-order valence-corrected chi connectivity index (χ2v) is 4.61. The first-order chi connectivity index (χ1) is 6.00. The van der Waals surface area contributed by atoms with Crippen LogP contribution in [0, 0.1) is 10.2 Å². The Kier molecular flexibility index (Phi) is 1.70. The molecule has 0 saturated heterocycles. The van der Waals surface area contributed by atoms with Crippen LogP contribution in [0.1, 0.15) is 26.3 Å². The minimum atomic E-state index is -0.125. The van der Waals surface area contributed by atoms with Crippen LogP contribution in [0.5, 0.6) is 0 Å². The Hall–Kier alpha value is -0.900. The molecule has 1 fully saturated rings. The smallest absolute Gasteiger partial charge is 0.251 e. The van der Waals surface area contributed by atoms with Crippen LogP contribution in [-0.4, -0.2) is 9.55 Å². The minimum Gasteiger partial charge on any atom is -0.322 e. The largest absolute Gasteiger partial charge is 0.322 e. The van der Waals surface area contributed by atoms with Crippen molar-refractivity contribution in [3.63, 3.8) is 0 Å². The summed E-state index contributed by atoms with van der Waals surface area (Å²) in [5.41, 5.74) is 0.205. The van der Waals surface area contributed by atoms with Crippen molar-refractivity contribution in [2.45, 2.75) is 26.3 Å². The summed E-state index contributed by atoms with van der Waals surface area (Å²) in [5.74, 6) is 0. The van der Waals surface area contributed by atoms with E-state index in [1.807, 2.05) is 4.57 Å². The first-order valence-electron chi connectivity index (χ1n) is 4.32. The van der Waals surface area contributed by atoms with Gasteiger partial charge in [0, 0.05) is 18.3 Å². The highest BCUT2D eigenvalue weighted by atomic mass is 32.1. The Labute approximate surface area is 81.4 Å². The maximum atomic E-state index is 10.9. The molecule has 2 rings (SSSR count). The van der Waals surface area contributed by atoms with E-state index in [0.29, 0.717) is 16.2 Å². The van der Waals surface area contributed by atoms with E-state index in [1.165, 1.54) is 6.07 Å². The van der Waals surface area contributed by atoms with E-state index in [2.05, 4.69) is 18.8 Å². The molecule has 3 nitrogen and oxygen atoms in total. The minimum absolute atomic E-state index is 0.125. The molecule has 1 aromatic heterocycles. The van der Waals surface area contributed by atoms with Crippen molar-refractivity contribution >= 4 is 12.2 Å². The fourth-order valence-corrected chi connectivity index (χ4v) is 1.88. The lowest BCUT2D eigenvalue weighted by molar-refractivity contribution is 0.529. The topological polar surface area (TPSA) is 37.8 Å². The summed E-state index contributed by atoms with van der Waals surface area (Å²) in [5, 5.41) is 0. The van der Waals surface area contributed by atoms with Crippen molar-refractivity contribution in [2.75, 3.05) is 0 Å². The summed E-state index contributed by atoms with van der Waals surface area (Å²) in [6.07, 6.45) is 2.91. The van der Waals surface area contributed by atoms with E-state index in [-0.39, 0.29) is 5.56 Å². The lowest BCUT2D eigenvalue weighted by Gasteiger charge is -2.07. The fraction of sp³-hybridized carbons (Fsp3) is 0.556. The second kappa shape index (κ2) is 2.54. The van der Waals surface area contributed by atoms with Gasteiger partial charge in [-0.25, -0.2) is 0 Å². The van der Waals surface area contributed by atoms with Crippen molar-refractivity contribution in [3.05, 3.63) is 27.4 Å². The number of H-pyrrole nitrogens is 1. The maximum absolute atomic E-state index is 10.9. The average molecular weight is 196 g/mol. The number of hydrogen-bond acceptors (Lipinski definition) is 2. The zero-order valence-corrected chi connectivity index (χ0v) is 8.52. The van der Waals surface area contributed by atoms with Crippen LogP contribution in [0.25, 0.3) is 0 Å². The van der Waals surface area contributed by atoms with Gasteiger partial charge < -0.3 is 4.57 Å². The molecular formula is C9H12N2OS. The third kappa shape index (κ3) is 1.46. The van der Waals surface area contributed by atoms with E-state index >= 15 is 0 Å². The van der Waals surface area contributed by atoms with Crippen LogP contribution in [0.4, 0.5) is 0 Å². The Balaban J connectivity index is 2.44. The van der Waals surface area contributed by atoms with E-state index in [9.17, 15) is 4.79 Å². The van der Waals surface area contributed by atoms with Crippen molar-refractivity contribution in [3.8, 4) is 0 Å². The van der Waals surface area contributed by atoms with E-state index < -0.39 is 0 Å². The van der Waals surface area contributed by atoms with Crippen molar-refractivity contribution in [1.29, 1.82) is 0 Å². The summed E-state index contributed by atoms with van der Waals surface area (Å²) >= 11 is 5.07. The average Bonchev–Trinajstić information content (AvgIpc) is 2.59. The number of aromatic nitrogens is 2. The molecule has 1 N–H and O–H groups in total. The van der Waals surface area contributed by atoms with Gasteiger partial charge in [0.2, 0.25) is 0 Å². The van der Waals surface area contributed by atoms with Gasteiger partial charge in [0.15, 0.2) is 4.77 Å². The van der Waals surface area contributed by atoms with Crippen LogP contribution in [0.15, 0.2) is 17.1 Å². The molecule has 0 amide bonds. The molecule has 1 heterocycles. The third-order valence-electron chi connectivity index (χ3n) is 2.65. The highest BCUT2D eigenvalue weighted by Crippen LogP contribution is 2.55. The number of nitrogens with one attached hydrogen (secondary N) is 1. The molecule has 0 aliphatic heterocycles. The molecule has 70 valence electrons. The first kappa shape index (κ1) is 8.69. The van der Waals surface area contributed by atoms with Gasteiger partial charge in [-0.2, -0.15) is 0 Å². The number of nitrogens with zero attached hydrogens (tertiary/aromatic N) is 1. The zero-order chi connectivity index (χ0) is 9.64. The second-order valence-electron chi connectivity index (χ2n) is 4.23. The number of rotatable bonds is 1. The predicted octanol–water partition coefficient (Wildman–Crippen LogP) is 1.88. The van der Waals surface area contributed by atoms with Crippen molar-refractivity contribution in [2.24, 2.45) is 5.41 Å². The molecule has 4 heteroatoms. The molecule has 1 saturated carbocycles. The normalized spacial score (nSPS) is 24.3. The molecule has 0 spiro atoms. The molecule has 0 radical (unpaired) electrons. The number of hydrogen-bond donors (Lipinski definition) is 1. The molecule has 1 aromatic rings. The van der Waals surface area contributed by atoms with Crippen LogP contribution >= 0.6 is 12.2 Å². The van der Waals surface area contributed by atoms with E-state index in [4.69, 9.17) is 12.2 Å². The quantitative estimate of drug-likeness (QED) is 0.696. The standard InChI is InChI=1S/C9H12N2OS/c1-9(2)5-6(9)11-4-3-7(12)10-8(11)13/h3-4,6H,5H2,1-2H3,(H,10,12,13). The van der Waals surface area contributed by atoms with Gasteiger partial charge in [-0.3, -0.25) is 9.78 Å². The lowest BCUT2D eigenvalue weighted by Crippen LogP contribution is -2.11. The van der Waals surface area contributed by atoms with Crippen LogP contribution in [-0.2, 0) is 0 Å². The van der Waals surface area contributed by atoms with Crippen LogP contribution in [0.3, 0.4) is 0 Å². The van der Waals surface area contributed by atoms with Crippen LogP contribution < -0.4 is 5.56 Å². The summed E-state index contributed by atoms with van der Waals surface area (Å²) < 4.78 is 2.50. The molecule has 1 aliphatic carbocycles. The third-order valence-corrected chi connectivity index (χ3v) is 2.96. The highest BCUT2D eigenvalue weighted by Gasteiger charge is 2.47. The van der Waals surface area contributed by atoms with Gasteiger partial charge in [0.25, 0.3) is 5.56 Å². The Morgan fingerprint density at radius 3 is 2.77 bits per heavy atom. The van der Waals surface area contributed by atoms with Gasteiger partial charge in [0.1, 0.15) is 0 Å². The molecule has 0 bridgehead atoms. The summed E-state index contributed by atoms with van der Waals surface area (Å²) in [7, 11) is 0. The monoisotopic (exact) mass is 196 g/mol. The Bertz CT molecular complexity index is 443. The molecule has 0 aromatic carbocycles. The Morgan fingerprint density at radius 1 is 1.69 bits per heavy atom. The van der Waals surface area contributed by atoms with Gasteiger partial charge in [0.05, 0.1) is 0 Å². The van der Waals surface area contributed by atoms with Crippen molar-refractivity contribution < 1.29 is 0 Å². The summed E-state index contributed by atoms with van der Waals surface area (Å²) in [6.45, 7) is 4.40. The zero-order valence-electron chi connectivity index (χ0n) is 7.70. The molecule has 13 heavy (non-hydrogen) atoms. The first-order valence-corrected chi connectivity index (χ1v) is 4.73. The van der Waals surface area contributed by atoms with E-state index in [0.717, 1.165) is 6.42 Å². The molecule has 1 aliphatic rings. The molecule has 1 unspecified atom stereocenters. The van der Waals surface area contributed by atoms with E-state index in [1.54, 1.807) is 6.20 Å². The lowest BCUT2D eigenvalue weighted by atomic mass is 10.2. The maximum Gasteiger partial charge on any atom is 0.251 e. The SMILES string of the molecule is CC1(C)CC1n1ccc(=O)[nH]c1=S. The highest BCUT2D eigenvalue weighted by molar-refractivity contribution is 7.71. The molecule has 1 atom stereocenters. The van der Waals surface area contributed by atoms with Gasteiger partial charge in [-0.1, -0.05) is 13.8 Å². The summed E-state index contributed by atoms with van der Waals surface area (Å²) in [4.78, 5) is 13.5. The van der Waals surface area contributed by atoms with Gasteiger partial charge >= 0.3 is 0 Å². The Morgan fingerprint density at radius 2 is 2.31 bits per heavy atom. The van der Waals surface area contributed by atoms with Crippen molar-refractivity contribution in [1.82, 2.24) is 9.55 Å². The van der Waals surface area contributed by atoms with Gasteiger partial charge in [-0.05, 0) is 24.1 Å². The predicted molar refractivity (Wildman–Crippen MR) is 53.3 cm³/mol. The fourth-order valence-electron chi connectivity index (χ4n) is 1.59. The van der Waals surface area contributed by atoms with Gasteiger partial charge in [-0.15, -0.1) is 0 Å². The van der Waals surface area contributed by atoms with Crippen LogP contribution in [0.2, 0.25) is 0 Å². The molecular weight excluding hydrogens is 184 g/mol.